The second-order valence-electron chi connectivity index (χ2n) is 5.85. The van der Waals surface area contributed by atoms with E-state index in [0.717, 1.165) is 27.4 Å². The molecule has 0 aliphatic carbocycles. The van der Waals surface area contributed by atoms with E-state index in [4.69, 9.17) is 9.47 Å². The van der Waals surface area contributed by atoms with E-state index in [1.54, 1.807) is 12.5 Å². The first kappa shape index (κ1) is 19.1. The summed E-state index contributed by atoms with van der Waals surface area (Å²) in [5.74, 6) is 0.608. The van der Waals surface area contributed by atoms with Crippen molar-refractivity contribution in [3.63, 3.8) is 0 Å². The smallest absolute Gasteiger partial charge is 0.271 e. The lowest BCUT2D eigenvalue weighted by atomic mass is 10.1. The zero-order valence-corrected chi connectivity index (χ0v) is 16.2. The number of thiazole rings is 1. The zero-order valence-electron chi connectivity index (χ0n) is 15.4. The number of methoxy groups -OCH3 is 1. The third-order valence-corrected chi connectivity index (χ3v) is 4.98. The Labute approximate surface area is 163 Å². The van der Waals surface area contributed by atoms with Gasteiger partial charge in [-0.05, 0) is 42.3 Å². The van der Waals surface area contributed by atoms with Crippen LogP contribution in [0.3, 0.4) is 0 Å². The van der Waals surface area contributed by atoms with Crippen LogP contribution in [0.15, 0.2) is 53.9 Å². The molecule has 0 spiro atoms. The molecule has 1 N–H and O–H groups in total. The van der Waals surface area contributed by atoms with Gasteiger partial charge in [0.1, 0.15) is 16.5 Å². The molecule has 27 heavy (non-hydrogen) atoms. The van der Waals surface area contributed by atoms with Crippen molar-refractivity contribution in [1.82, 2.24) is 10.3 Å². The maximum absolute atomic E-state index is 12.5. The summed E-state index contributed by atoms with van der Waals surface area (Å²) in [5.41, 5.74) is 3.51. The molecule has 1 amide bonds. The summed E-state index contributed by atoms with van der Waals surface area (Å²) in [4.78, 5) is 16.9. The highest BCUT2D eigenvalue weighted by molar-refractivity contribution is 7.13. The first-order chi connectivity index (χ1) is 13.2. The molecule has 0 radical (unpaired) electrons. The van der Waals surface area contributed by atoms with Crippen molar-refractivity contribution < 1.29 is 14.3 Å². The van der Waals surface area contributed by atoms with E-state index >= 15 is 0 Å². The molecule has 0 saturated heterocycles. The van der Waals surface area contributed by atoms with E-state index in [1.807, 2.05) is 55.5 Å². The predicted molar refractivity (Wildman–Crippen MR) is 107 cm³/mol. The minimum Gasteiger partial charge on any atom is -0.497 e. The highest BCUT2D eigenvalue weighted by atomic mass is 32.1. The molecule has 3 rings (SSSR count). The van der Waals surface area contributed by atoms with E-state index in [1.165, 1.54) is 11.3 Å². The number of carbonyl (C=O) groups excluding carboxylic acids is 1. The van der Waals surface area contributed by atoms with Gasteiger partial charge in [0, 0.05) is 24.1 Å². The lowest BCUT2D eigenvalue weighted by Gasteiger charge is -2.10. The van der Waals surface area contributed by atoms with Gasteiger partial charge in [-0.2, -0.15) is 0 Å². The summed E-state index contributed by atoms with van der Waals surface area (Å²) in [5, 5.41) is 5.53. The second kappa shape index (κ2) is 9.30. The lowest BCUT2D eigenvalue weighted by Crippen LogP contribution is -2.23. The van der Waals surface area contributed by atoms with Crippen molar-refractivity contribution in [1.29, 1.82) is 0 Å². The Kier molecular flexibility index (Phi) is 6.57. The molecule has 0 unspecified atom stereocenters. The number of ether oxygens (including phenoxy) is 2. The normalized spacial score (nSPS) is 10.6. The molecule has 3 aromatic rings. The number of carbonyl (C=O) groups is 1. The molecular formula is C21H22N2O3S. The first-order valence-electron chi connectivity index (χ1n) is 8.74. The van der Waals surface area contributed by atoms with E-state index in [9.17, 15) is 4.79 Å². The average molecular weight is 382 g/mol. The Hall–Kier alpha value is -2.70. The molecule has 0 saturated carbocycles. The van der Waals surface area contributed by atoms with Crippen LogP contribution in [0.25, 0.3) is 10.6 Å². The molecule has 1 aromatic heterocycles. The number of nitrogens with one attached hydrogen (secondary N) is 1. The molecule has 0 aliphatic heterocycles. The highest BCUT2D eigenvalue weighted by Gasteiger charge is 2.12. The molecule has 6 heteroatoms. The standard InChI is InChI=1S/C21H22N2O3S/c1-3-26-13-17-7-5-4-6-16(17)12-22-20(24)19-14-27-21(23-19)15-8-10-18(25-2)11-9-15/h4-11,14H,3,12-13H2,1-2H3,(H,22,24). The Bertz CT molecular complexity index is 890. The van der Waals surface area contributed by atoms with E-state index < -0.39 is 0 Å². The first-order valence-corrected chi connectivity index (χ1v) is 9.62. The number of benzene rings is 2. The van der Waals surface area contributed by atoms with Crippen LogP contribution in [0.1, 0.15) is 28.5 Å². The third-order valence-electron chi connectivity index (χ3n) is 4.09. The maximum Gasteiger partial charge on any atom is 0.271 e. The molecular weight excluding hydrogens is 360 g/mol. The molecule has 5 nitrogen and oxygen atoms in total. The molecule has 0 aliphatic rings. The topological polar surface area (TPSA) is 60.5 Å². The van der Waals surface area contributed by atoms with Gasteiger partial charge in [-0.3, -0.25) is 4.79 Å². The van der Waals surface area contributed by atoms with Crippen LogP contribution in [0.2, 0.25) is 0 Å². The number of nitrogens with zero attached hydrogens (tertiary/aromatic N) is 1. The van der Waals surface area contributed by atoms with Crippen LogP contribution in [-0.4, -0.2) is 24.6 Å². The summed E-state index contributed by atoms with van der Waals surface area (Å²) in [7, 11) is 1.63. The molecule has 1 heterocycles. The fraction of sp³-hybridized carbons (Fsp3) is 0.238. The number of aromatic nitrogens is 1. The summed E-state index contributed by atoms with van der Waals surface area (Å²) in [6.07, 6.45) is 0. The third kappa shape index (κ3) is 4.93. The van der Waals surface area contributed by atoms with Crippen LogP contribution >= 0.6 is 11.3 Å². The summed E-state index contributed by atoms with van der Waals surface area (Å²) in [6, 6.07) is 15.6. The van der Waals surface area contributed by atoms with Crippen LogP contribution in [0, 0.1) is 0 Å². The number of hydrogen-bond acceptors (Lipinski definition) is 5. The van der Waals surface area contributed by atoms with Gasteiger partial charge >= 0.3 is 0 Å². The van der Waals surface area contributed by atoms with E-state index in [0.29, 0.717) is 25.5 Å². The Morgan fingerprint density at radius 1 is 1.11 bits per heavy atom. The van der Waals surface area contributed by atoms with Gasteiger partial charge in [0.25, 0.3) is 5.91 Å². The number of amides is 1. The molecule has 140 valence electrons. The minimum atomic E-state index is -0.183. The van der Waals surface area contributed by atoms with Gasteiger partial charge in [-0.1, -0.05) is 24.3 Å². The maximum atomic E-state index is 12.5. The van der Waals surface area contributed by atoms with Crippen LogP contribution in [0.5, 0.6) is 5.75 Å². The average Bonchev–Trinajstić information content (AvgIpc) is 3.21. The van der Waals surface area contributed by atoms with Crippen molar-refractivity contribution >= 4 is 17.2 Å². The minimum absolute atomic E-state index is 0.183. The second-order valence-corrected chi connectivity index (χ2v) is 6.71. The quantitative estimate of drug-likeness (QED) is 0.631. The zero-order chi connectivity index (χ0) is 19.1. The van der Waals surface area contributed by atoms with E-state index in [2.05, 4.69) is 10.3 Å². The Balaban J connectivity index is 1.64. The van der Waals surface area contributed by atoms with Crippen LogP contribution in [-0.2, 0) is 17.9 Å². The molecule has 0 bridgehead atoms. The highest BCUT2D eigenvalue weighted by Crippen LogP contribution is 2.25. The molecule has 0 fully saturated rings. The van der Waals surface area contributed by atoms with Crippen molar-refractivity contribution in [2.75, 3.05) is 13.7 Å². The van der Waals surface area contributed by atoms with Crippen molar-refractivity contribution in [2.45, 2.75) is 20.1 Å². The summed E-state index contributed by atoms with van der Waals surface area (Å²) >= 11 is 1.45. The SMILES string of the molecule is CCOCc1ccccc1CNC(=O)c1csc(-c2ccc(OC)cc2)n1. The van der Waals surface area contributed by atoms with Gasteiger partial charge in [0.15, 0.2) is 0 Å². The van der Waals surface area contributed by atoms with Crippen LogP contribution in [0.4, 0.5) is 0 Å². The van der Waals surface area contributed by atoms with Crippen molar-refractivity contribution in [3.8, 4) is 16.3 Å². The largest absolute Gasteiger partial charge is 0.497 e. The number of rotatable bonds is 8. The van der Waals surface area contributed by atoms with Crippen molar-refractivity contribution in [3.05, 3.63) is 70.7 Å². The van der Waals surface area contributed by atoms with Gasteiger partial charge in [-0.15, -0.1) is 11.3 Å². The van der Waals surface area contributed by atoms with Crippen LogP contribution < -0.4 is 10.1 Å². The number of hydrogen-bond donors (Lipinski definition) is 1. The Morgan fingerprint density at radius 3 is 2.56 bits per heavy atom. The van der Waals surface area contributed by atoms with Gasteiger partial charge in [0.2, 0.25) is 0 Å². The molecule has 0 atom stereocenters. The monoisotopic (exact) mass is 382 g/mol. The predicted octanol–water partition coefficient (Wildman–Crippen LogP) is 4.29. The van der Waals surface area contributed by atoms with Crippen molar-refractivity contribution in [2.24, 2.45) is 0 Å². The summed E-state index contributed by atoms with van der Waals surface area (Å²) in [6.45, 7) is 3.61. The lowest BCUT2D eigenvalue weighted by molar-refractivity contribution is 0.0945. The van der Waals surface area contributed by atoms with Gasteiger partial charge in [0.05, 0.1) is 13.7 Å². The summed E-state index contributed by atoms with van der Waals surface area (Å²) < 4.78 is 10.7. The van der Waals surface area contributed by atoms with Gasteiger partial charge in [-0.25, -0.2) is 4.98 Å². The molecule has 2 aromatic carbocycles. The fourth-order valence-electron chi connectivity index (χ4n) is 2.59. The Morgan fingerprint density at radius 2 is 1.85 bits per heavy atom. The fourth-order valence-corrected chi connectivity index (χ4v) is 3.40. The van der Waals surface area contributed by atoms with Gasteiger partial charge < -0.3 is 14.8 Å². The van der Waals surface area contributed by atoms with E-state index in [-0.39, 0.29) is 5.91 Å².